The van der Waals surface area contributed by atoms with Crippen LogP contribution in [0.25, 0.3) is 0 Å². The quantitative estimate of drug-likeness (QED) is 0.314. The number of carboxylic acids is 2. The molecule has 0 aliphatic carbocycles. The van der Waals surface area contributed by atoms with Crippen molar-refractivity contribution in [2.75, 3.05) is 26.2 Å². The Balaban J connectivity index is 0.000000507. The molecule has 2 fully saturated rings. The molecule has 0 saturated carbocycles. The molecule has 2 aromatic carbocycles. The van der Waals surface area contributed by atoms with Crippen LogP contribution in [0, 0.1) is 17.5 Å². The summed E-state index contributed by atoms with van der Waals surface area (Å²) >= 11 is 5.92. The van der Waals surface area contributed by atoms with E-state index < -0.39 is 35.4 Å². The number of nitrogens with zero attached hydrogens (tertiary/aromatic N) is 3. The Morgan fingerprint density at radius 3 is 2.20 bits per heavy atom. The Morgan fingerprint density at radius 2 is 1.59 bits per heavy atom. The minimum Gasteiger partial charge on any atom is -0.478 e. The van der Waals surface area contributed by atoms with Gasteiger partial charge in [-0.2, -0.15) is 0 Å². The highest BCUT2D eigenvalue weighted by Crippen LogP contribution is 2.24. The van der Waals surface area contributed by atoms with Gasteiger partial charge in [-0.3, -0.25) is 4.79 Å². The van der Waals surface area contributed by atoms with Crippen molar-refractivity contribution < 1.29 is 42.6 Å². The molecule has 220 valence electrons. The second-order valence-electron chi connectivity index (χ2n) is 9.51. The Hall–Kier alpha value is -4.10. The van der Waals surface area contributed by atoms with Crippen molar-refractivity contribution in [3.05, 3.63) is 82.2 Å². The van der Waals surface area contributed by atoms with Gasteiger partial charge in [0.15, 0.2) is 11.6 Å². The summed E-state index contributed by atoms with van der Waals surface area (Å²) in [6.45, 7) is 2.13. The Labute approximate surface area is 238 Å². The maximum atomic E-state index is 13.9. The topological polar surface area (TPSA) is 144 Å². The summed E-state index contributed by atoms with van der Waals surface area (Å²) in [6.07, 6.45) is 0.962. The number of carbonyl (C=O) groups is 4. The number of carbonyl (C=O) groups excluding carboxylic acids is 2. The van der Waals surface area contributed by atoms with Gasteiger partial charge in [0.05, 0.1) is 6.04 Å². The number of hydrogen-bond acceptors (Lipinski definition) is 5. The number of amides is 3. The van der Waals surface area contributed by atoms with Crippen molar-refractivity contribution in [1.29, 1.82) is 0 Å². The van der Waals surface area contributed by atoms with Gasteiger partial charge in [0, 0.05) is 68.4 Å². The zero-order valence-corrected chi connectivity index (χ0v) is 22.4. The fourth-order valence-electron chi connectivity index (χ4n) is 4.52. The average Bonchev–Trinajstić information content (AvgIpc) is 3.21. The molecule has 4 N–H and O–H groups in total. The molecule has 0 aromatic heterocycles. The summed E-state index contributed by atoms with van der Waals surface area (Å²) in [5.74, 6) is -6.05. The van der Waals surface area contributed by atoms with Crippen molar-refractivity contribution in [3.8, 4) is 0 Å². The summed E-state index contributed by atoms with van der Waals surface area (Å²) in [5, 5.41) is 16.3. The summed E-state index contributed by atoms with van der Waals surface area (Å²) in [7, 11) is 0. The van der Waals surface area contributed by atoms with E-state index in [1.807, 2.05) is 12.1 Å². The lowest BCUT2D eigenvalue weighted by Crippen LogP contribution is -2.54. The number of rotatable bonds is 8. The molecule has 4 rings (SSSR count). The van der Waals surface area contributed by atoms with Crippen LogP contribution in [0.1, 0.15) is 17.5 Å². The lowest BCUT2D eigenvalue weighted by molar-refractivity contribution is -0.134. The number of halogens is 4. The van der Waals surface area contributed by atoms with Gasteiger partial charge in [-0.25, -0.2) is 27.6 Å². The minimum absolute atomic E-state index is 0.0619. The van der Waals surface area contributed by atoms with E-state index in [9.17, 15) is 32.3 Å². The van der Waals surface area contributed by atoms with Crippen LogP contribution >= 0.6 is 11.6 Å². The molecule has 3 amide bonds. The molecule has 14 heteroatoms. The van der Waals surface area contributed by atoms with E-state index in [-0.39, 0.29) is 36.4 Å². The summed E-state index contributed by atoms with van der Waals surface area (Å²) < 4.78 is 40.4. The standard InChI is InChI=1S/C23H24ClF3N4O2.C4H4O4/c24-16-3-1-14(2-4-16)11-30-13-18-12-29(5-6-31(18)23(30)33)22(32)9-17(28)7-15-8-20(26)21(27)10-19(15)25;5-3(6)1-2-4(7)8/h1-4,8,10,17-18H,5-7,9,11-13,28H2;1-2H,(H,5,6)(H,7,8)/b;2-1+/t17-,18?;/m1./s1. The molecule has 2 atom stereocenters. The van der Waals surface area contributed by atoms with Crippen LogP contribution in [-0.4, -0.2) is 87.1 Å². The second kappa shape index (κ2) is 14.0. The molecule has 2 saturated heterocycles. The van der Waals surface area contributed by atoms with Crippen molar-refractivity contribution in [2.24, 2.45) is 5.73 Å². The monoisotopic (exact) mass is 596 g/mol. The minimum atomic E-state index is -1.27. The first-order valence-corrected chi connectivity index (χ1v) is 12.8. The highest BCUT2D eigenvalue weighted by molar-refractivity contribution is 6.30. The van der Waals surface area contributed by atoms with Gasteiger partial charge in [0.2, 0.25) is 5.91 Å². The van der Waals surface area contributed by atoms with Crippen molar-refractivity contribution >= 4 is 35.5 Å². The summed E-state index contributed by atoms with van der Waals surface area (Å²) in [5.41, 5.74) is 6.90. The maximum absolute atomic E-state index is 13.9. The fourth-order valence-corrected chi connectivity index (χ4v) is 4.64. The molecule has 2 heterocycles. The third-order valence-electron chi connectivity index (χ3n) is 6.45. The van der Waals surface area contributed by atoms with Crippen LogP contribution in [0.5, 0.6) is 0 Å². The average molecular weight is 597 g/mol. The van der Waals surface area contributed by atoms with Crippen LogP contribution in [0.3, 0.4) is 0 Å². The van der Waals surface area contributed by atoms with Gasteiger partial charge in [-0.1, -0.05) is 23.7 Å². The van der Waals surface area contributed by atoms with E-state index in [1.54, 1.807) is 26.8 Å². The smallest absolute Gasteiger partial charge is 0.328 e. The fraction of sp³-hybridized carbons (Fsp3) is 0.333. The second-order valence-corrected chi connectivity index (χ2v) is 9.95. The highest BCUT2D eigenvalue weighted by Gasteiger charge is 2.41. The number of piperazine rings is 1. The van der Waals surface area contributed by atoms with Gasteiger partial charge in [-0.15, -0.1) is 0 Å². The maximum Gasteiger partial charge on any atom is 0.328 e. The highest BCUT2D eigenvalue weighted by atomic mass is 35.5. The largest absolute Gasteiger partial charge is 0.478 e. The van der Waals surface area contributed by atoms with Crippen LogP contribution < -0.4 is 5.73 Å². The molecular formula is C27H28ClF3N4O6. The first-order valence-electron chi connectivity index (χ1n) is 12.4. The predicted octanol–water partition coefficient (Wildman–Crippen LogP) is 2.88. The molecule has 10 nitrogen and oxygen atoms in total. The SMILES string of the molecule is N[C@@H](CC(=O)N1CCN2C(=O)N(Cc3ccc(Cl)cc3)CC2C1)Cc1cc(F)c(F)cc1F.O=C(O)/C=C/C(=O)O. The van der Waals surface area contributed by atoms with E-state index in [4.69, 9.17) is 27.5 Å². The molecular weight excluding hydrogens is 569 g/mol. The molecule has 0 bridgehead atoms. The van der Waals surface area contributed by atoms with Gasteiger partial charge >= 0.3 is 18.0 Å². The third-order valence-corrected chi connectivity index (χ3v) is 6.70. The van der Waals surface area contributed by atoms with Gasteiger partial charge in [0.25, 0.3) is 0 Å². The molecule has 2 aliphatic heterocycles. The number of aliphatic carboxylic acids is 2. The van der Waals surface area contributed by atoms with E-state index in [0.29, 0.717) is 56.0 Å². The third kappa shape index (κ3) is 8.95. The van der Waals surface area contributed by atoms with Crippen molar-refractivity contribution in [2.45, 2.75) is 31.5 Å². The molecule has 2 aliphatic rings. The lowest BCUT2D eigenvalue weighted by atomic mass is 10.0. The lowest BCUT2D eigenvalue weighted by Gasteiger charge is -2.36. The molecule has 41 heavy (non-hydrogen) atoms. The first-order chi connectivity index (χ1) is 19.3. The normalized spacial score (nSPS) is 17.2. The van der Waals surface area contributed by atoms with Gasteiger partial charge in [0.1, 0.15) is 5.82 Å². The number of fused-ring (bicyclic) bond motifs is 1. The molecule has 2 aromatic rings. The number of benzene rings is 2. The first kappa shape index (κ1) is 31.4. The number of hydrogen-bond donors (Lipinski definition) is 3. The predicted molar refractivity (Wildman–Crippen MR) is 141 cm³/mol. The number of carboxylic acid groups (broad SMARTS) is 2. The van der Waals surface area contributed by atoms with E-state index in [0.717, 1.165) is 11.6 Å². The Morgan fingerprint density at radius 1 is 0.976 bits per heavy atom. The van der Waals surface area contributed by atoms with E-state index in [2.05, 4.69) is 0 Å². The molecule has 0 radical (unpaired) electrons. The van der Waals surface area contributed by atoms with Gasteiger partial charge < -0.3 is 30.6 Å². The van der Waals surface area contributed by atoms with Crippen LogP contribution in [0.15, 0.2) is 48.6 Å². The van der Waals surface area contributed by atoms with E-state index >= 15 is 0 Å². The van der Waals surface area contributed by atoms with Crippen LogP contribution in [-0.2, 0) is 27.3 Å². The van der Waals surface area contributed by atoms with E-state index in [1.165, 1.54) is 0 Å². The zero-order valence-electron chi connectivity index (χ0n) is 21.7. The number of urea groups is 1. The Bertz CT molecular complexity index is 1310. The van der Waals surface area contributed by atoms with Crippen LogP contribution in [0.2, 0.25) is 5.02 Å². The number of nitrogens with two attached hydrogens (primary N) is 1. The molecule has 1 unspecified atom stereocenters. The van der Waals surface area contributed by atoms with Crippen LogP contribution in [0.4, 0.5) is 18.0 Å². The zero-order chi connectivity index (χ0) is 30.3. The molecule has 0 spiro atoms. The summed E-state index contributed by atoms with van der Waals surface area (Å²) in [4.78, 5) is 49.8. The van der Waals surface area contributed by atoms with Gasteiger partial charge in [-0.05, 0) is 35.7 Å². The van der Waals surface area contributed by atoms with Crippen molar-refractivity contribution in [1.82, 2.24) is 14.7 Å². The Kier molecular flexibility index (Phi) is 10.7. The van der Waals surface area contributed by atoms with Crippen molar-refractivity contribution in [3.63, 3.8) is 0 Å². The summed E-state index contributed by atoms with van der Waals surface area (Å²) in [6, 6.07) is 7.62.